The van der Waals surface area contributed by atoms with Crippen LogP contribution in [-0.2, 0) is 0 Å². The van der Waals surface area contributed by atoms with Crippen LogP contribution in [0, 0.1) is 17.0 Å². The van der Waals surface area contributed by atoms with Gasteiger partial charge in [-0.2, -0.15) is 0 Å². The fourth-order valence-corrected chi connectivity index (χ4v) is 2.64. The molecule has 0 saturated heterocycles. The van der Waals surface area contributed by atoms with Crippen LogP contribution in [0.3, 0.4) is 0 Å². The third kappa shape index (κ3) is 1.77. The van der Waals surface area contributed by atoms with Gasteiger partial charge in [0.1, 0.15) is 11.2 Å². The monoisotopic (exact) mass is 293 g/mol. The maximum absolute atomic E-state index is 11.0. The molecule has 6 heteroatoms. The number of rotatable bonds is 2. The molecule has 4 rings (SSSR count). The Hall–Kier alpha value is -3.15. The highest BCUT2D eigenvalue weighted by Crippen LogP contribution is 2.34. The van der Waals surface area contributed by atoms with Crippen molar-refractivity contribution in [1.29, 1.82) is 0 Å². The smallest absolute Gasteiger partial charge is 0.274 e. The predicted molar refractivity (Wildman–Crippen MR) is 81.8 cm³/mol. The predicted octanol–water partition coefficient (Wildman–Crippen LogP) is 4.14. The molecule has 0 spiro atoms. The summed E-state index contributed by atoms with van der Waals surface area (Å²) in [5.41, 5.74) is 4.45. The minimum Gasteiger partial charge on any atom is -0.435 e. The molecule has 1 aliphatic carbocycles. The first-order valence-corrected chi connectivity index (χ1v) is 6.75. The van der Waals surface area contributed by atoms with E-state index in [4.69, 9.17) is 4.42 Å². The summed E-state index contributed by atoms with van der Waals surface area (Å²) >= 11 is 0. The summed E-state index contributed by atoms with van der Waals surface area (Å²) in [6.07, 6.45) is 1.82. The third-order valence-electron chi connectivity index (χ3n) is 3.73. The number of fused-ring (bicyclic) bond motifs is 2. The van der Waals surface area contributed by atoms with Gasteiger partial charge in [0.05, 0.1) is 4.92 Å². The third-order valence-corrected chi connectivity index (χ3v) is 3.73. The van der Waals surface area contributed by atoms with Crippen molar-refractivity contribution in [3.05, 3.63) is 58.3 Å². The molecule has 2 aromatic rings. The minimum absolute atomic E-state index is 0.0443. The lowest BCUT2D eigenvalue weighted by atomic mass is 10.1. The van der Waals surface area contributed by atoms with Crippen LogP contribution < -0.4 is 0 Å². The number of nitrogens with one attached hydrogen (secondary N) is 1. The number of aromatic amines is 1. The number of pyridine rings is 1. The number of nitrogens with zero attached hydrogens (tertiary/aromatic N) is 2. The SMILES string of the molecule is Cc1cc2oc(-c3[nH]ccc4cccc3-4)nc2cc1[N+](=O)[O-]. The Balaban J connectivity index is 1.93. The van der Waals surface area contributed by atoms with Crippen LogP contribution in [0.4, 0.5) is 5.69 Å². The van der Waals surface area contributed by atoms with Crippen molar-refractivity contribution in [3.63, 3.8) is 0 Å². The fraction of sp³-hybridized carbons (Fsp3) is 0.0625. The number of oxazole rings is 1. The van der Waals surface area contributed by atoms with Gasteiger partial charge in [-0.3, -0.25) is 10.1 Å². The molecule has 108 valence electrons. The van der Waals surface area contributed by atoms with Crippen LogP contribution in [0.5, 0.6) is 0 Å². The highest BCUT2D eigenvalue weighted by atomic mass is 16.6. The number of aryl methyl sites for hydroxylation is 1. The number of hydrogen-bond donors (Lipinski definition) is 1. The van der Waals surface area contributed by atoms with Gasteiger partial charge in [0.2, 0.25) is 5.89 Å². The number of nitro benzene ring substituents is 1. The topological polar surface area (TPSA) is 85.0 Å². The summed E-state index contributed by atoms with van der Waals surface area (Å²) in [6.45, 7) is 1.68. The van der Waals surface area contributed by atoms with Crippen molar-refractivity contribution < 1.29 is 9.34 Å². The molecule has 0 fully saturated rings. The van der Waals surface area contributed by atoms with E-state index in [2.05, 4.69) is 9.97 Å². The first kappa shape index (κ1) is 12.6. The Bertz CT molecular complexity index is 983. The summed E-state index contributed by atoms with van der Waals surface area (Å²) < 4.78 is 5.78. The van der Waals surface area contributed by atoms with E-state index in [9.17, 15) is 10.1 Å². The number of nitro groups is 1. The number of H-pyrrole nitrogens is 1. The highest BCUT2D eigenvalue weighted by Gasteiger charge is 2.19. The molecule has 1 aliphatic heterocycles. The fourth-order valence-electron chi connectivity index (χ4n) is 2.64. The molecule has 2 aliphatic rings. The first-order valence-electron chi connectivity index (χ1n) is 6.75. The normalized spacial score (nSPS) is 11.3. The van der Waals surface area contributed by atoms with E-state index in [0.29, 0.717) is 22.6 Å². The molecule has 1 N–H and O–H groups in total. The second-order valence-corrected chi connectivity index (χ2v) is 5.13. The number of aromatic nitrogens is 2. The van der Waals surface area contributed by atoms with E-state index in [0.717, 1.165) is 16.8 Å². The Morgan fingerprint density at radius 2 is 2.14 bits per heavy atom. The van der Waals surface area contributed by atoms with E-state index < -0.39 is 4.92 Å². The Kier molecular flexibility index (Phi) is 2.53. The summed E-state index contributed by atoms with van der Waals surface area (Å²) in [5, 5.41) is 11.0. The zero-order valence-corrected chi connectivity index (χ0v) is 11.7. The van der Waals surface area contributed by atoms with Gasteiger partial charge in [-0.25, -0.2) is 4.98 Å². The Morgan fingerprint density at radius 3 is 2.95 bits per heavy atom. The van der Waals surface area contributed by atoms with Gasteiger partial charge in [-0.1, -0.05) is 18.2 Å². The van der Waals surface area contributed by atoms with Crippen LogP contribution in [0.2, 0.25) is 0 Å². The van der Waals surface area contributed by atoms with E-state index >= 15 is 0 Å². The lowest BCUT2D eigenvalue weighted by Gasteiger charge is -2.03. The van der Waals surface area contributed by atoms with Crippen LogP contribution in [-0.4, -0.2) is 14.9 Å². The average molecular weight is 293 g/mol. The van der Waals surface area contributed by atoms with Crippen molar-refractivity contribution in [2.45, 2.75) is 6.92 Å². The molecule has 22 heavy (non-hydrogen) atoms. The number of hydrogen-bond acceptors (Lipinski definition) is 4. The second-order valence-electron chi connectivity index (χ2n) is 5.13. The minimum atomic E-state index is -0.410. The molecular weight excluding hydrogens is 282 g/mol. The number of benzene rings is 1. The van der Waals surface area contributed by atoms with Gasteiger partial charge in [0.25, 0.3) is 5.69 Å². The maximum Gasteiger partial charge on any atom is 0.274 e. The van der Waals surface area contributed by atoms with Crippen molar-refractivity contribution in [1.82, 2.24) is 9.97 Å². The summed E-state index contributed by atoms with van der Waals surface area (Å²) in [5.74, 6) is 0.423. The van der Waals surface area contributed by atoms with E-state index in [1.165, 1.54) is 6.07 Å². The van der Waals surface area contributed by atoms with Gasteiger partial charge in [-0.05, 0) is 24.6 Å². The molecule has 0 unspecified atom stereocenters. The lowest BCUT2D eigenvalue weighted by molar-refractivity contribution is -0.385. The molecule has 2 heterocycles. The zero-order valence-electron chi connectivity index (χ0n) is 11.7. The maximum atomic E-state index is 11.0. The quantitative estimate of drug-likeness (QED) is 0.444. The molecular formula is C16H11N3O3. The van der Waals surface area contributed by atoms with Gasteiger partial charge >= 0.3 is 0 Å². The molecule has 0 radical (unpaired) electrons. The zero-order chi connectivity index (χ0) is 15.3. The molecule has 0 atom stereocenters. The van der Waals surface area contributed by atoms with Gasteiger partial charge in [0.15, 0.2) is 5.58 Å². The largest absolute Gasteiger partial charge is 0.435 e. The summed E-state index contributed by atoms with van der Waals surface area (Å²) in [4.78, 5) is 18.1. The van der Waals surface area contributed by atoms with Crippen LogP contribution in [0.15, 0.2) is 47.0 Å². The van der Waals surface area contributed by atoms with Crippen molar-refractivity contribution in [2.24, 2.45) is 0 Å². The van der Waals surface area contributed by atoms with Crippen LogP contribution >= 0.6 is 0 Å². The molecule has 1 aromatic heterocycles. The van der Waals surface area contributed by atoms with Crippen LogP contribution in [0.25, 0.3) is 33.8 Å². The van der Waals surface area contributed by atoms with Crippen molar-refractivity contribution >= 4 is 16.8 Å². The average Bonchev–Trinajstić information content (AvgIpc) is 3.11. The first-order chi connectivity index (χ1) is 10.6. The van der Waals surface area contributed by atoms with Gasteiger partial charge < -0.3 is 9.40 Å². The highest BCUT2D eigenvalue weighted by molar-refractivity contribution is 5.84. The van der Waals surface area contributed by atoms with E-state index in [1.54, 1.807) is 13.0 Å². The molecule has 0 amide bonds. The lowest BCUT2D eigenvalue weighted by Crippen LogP contribution is -1.91. The molecule has 1 aromatic carbocycles. The molecule has 0 saturated carbocycles. The van der Waals surface area contributed by atoms with Crippen LogP contribution in [0.1, 0.15) is 5.56 Å². The Labute approximate surface area is 124 Å². The summed E-state index contributed by atoms with van der Waals surface area (Å²) in [6, 6.07) is 11.0. The van der Waals surface area contributed by atoms with E-state index in [1.807, 2.05) is 30.5 Å². The molecule has 0 bridgehead atoms. The van der Waals surface area contributed by atoms with Gasteiger partial charge in [-0.15, -0.1) is 0 Å². The van der Waals surface area contributed by atoms with Crippen molar-refractivity contribution in [3.8, 4) is 22.7 Å². The second kappa shape index (κ2) is 4.42. The molecule has 6 nitrogen and oxygen atoms in total. The standard InChI is InChI=1S/C16H11N3O3/c1-9-7-14-12(8-13(9)19(20)21)18-16(22-14)15-11-4-2-3-10(11)5-6-17-15/h2-8,17H,1H3. The van der Waals surface area contributed by atoms with Crippen molar-refractivity contribution in [2.75, 3.05) is 0 Å². The summed E-state index contributed by atoms with van der Waals surface area (Å²) in [7, 11) is 0. The van der Waals surface area contributed by atoms with E-state index in [-0.39, 0.29) is 5.69 Å². The van der Waals surface area contributed by atoms with Gasteiger partial charge in [0, 0.05) is 23.4 Å². The Morgan fingerprint density at radius 1 is 1.27 bits per heavy atom.